The van der Waals surface area contributed by atoms with Crippen LogP contribution in [0.25, 0.3) is 11.1 Å². The van der Waals surface area contributed by atoms with Gasteiger partial charge in [0, 0.05) is 0 Å². The second-order valence-corrected chi connectivity index (χ2v) is 9.89. The third-order valence-corrected chi connectivity index (χ3v) is 6.78. The van der Waals surface area contributed by atoms with Crippen molar-refractivity contribution in [2.75, 3.05) is 6.61 Å². The molecular formula is C33H39F3O3. The first-order valence-electron chi connectivity index (χ1n) is 14.2. The lowest BCUT2D eigenvalue weighted by atomic mass is 9.99. The molecule has 3 aromatic carbocycles. The van der Waals surface area contributed by atoms with E-state index in [2.05, 4.69) is 13.8 Å². The van der Waals surface area contributed by atoms with Gasteiger partial charge in [0.15, 0.2) is 11.5 Å². The average Bonchev–Trinajstić information content (AvgIpc) is 2.95. The number of aryl methyl sites for hydroxylation is 1. The molecule has 39 heavy (non-hydrogen) atoms. The van der Waals surface area contributed by atoms with Crippen molar-refractivity contribution >= 4 is 5.97 Å². The van der Waals surface area contributed by atoms with E-state index in [1.807, 2.05) is 12.1 Å². The Labute approximate surface area is 230 Å². The zero-order chi connectivity index (χ0) is 28.0. The van der Waals surface area contributed by atoms with E-state index in [4.69, 9.17) is 9.47 Å². The van der Waals surface area contributed by atoms with Crippen LogP contribution in [-0.4, -0.2) is 12.6 Å². The standard InChI is InChI=1S/C33H39F3O3/c1-3-5-7-9-11-13-25-16-19-27(23-28(25)34)24-14-17-26(18-15-24)33(37)39-30-21-20-29(31(35)32(30)36)38-22-12-10-8-6-4-2/h14-21,23H,3-13,22H2,1-2H3. The lowest BCUT2D eigenvalue weighted by molar-refractivity contribution is 0.0726. The number of hydrogen-bond donors (Lipinski definition) is 0. The van der Waals surface area contributed by atoms with Crippen molar-refractivity contribution in [3.05, 3.63) is 83.2 Å². The molecular weight excluding hydrogens is 501 g/mol. The topological polar surface area (TPSA) is 35.5 Å². The van der Waals surface area contributed by atoms with Crippen molar-refractivity contribution < 1.29 is 27.4 Å². The fourth-order valence-electron chi connectivity index (χ4n) is 4.40. The highest BCUT2D eigenvalue weighted by Gasteiger charge is 2.19. The highest BCUT2D eigenvalue weighted by Crippen LogP contribution is 2.29. The van der Waals surface area contributed by atoms with Crippen LogP contribution in [-0.2, 0) is 6.42 Å². The molecule has 0 aliphatic rings. The summed E-state index contributed by atoms with van der Waals surface area (Å²) in [6.45, 7) is 4.58. The zero-order valence-corrected chi connectivity index (χ0v) is 23.0. The van der Waals surface area contributed by atoms with Crippen LogP contribution in [0, 0.1) is 17.5 Å². The van der Waals surface area contributed by atoms with Gasteiger partial charge in [0.05, 0.1) is 12.2 Å². The van der Waals surface area contributed by atoms with Crippen molar-refractivity contribution in [2.24, 2.45) is 0 Å². The first kappa shape index (κ1) is 30.3. The molecule has 0 fully saturated rings. The first-order valence-corrected chi connectivity index (χ1v) is 14.2. The second kappa shape index (κ2) is 16.0. The van der Waals surface area contributed by atoms with Crippen LogP contribution in [0.1, 0.15) is 94.0 Å². The predicted octanol–water partition coefficient (Wildman–Crippen LogP) is 9.85. The molecule has 3 nitrogen and oxygen atoms in total. The third-order valence-electron chi connectivity index (χ3n) is 6.78. The molecule has 0 unspecified atom stereocenters. The number of rotatable bonds is 16. The minimum atomic E-state index is -1.27. The molecule has 0 heterocycles. The Morgan fingerprint density at radius 2 is 1.26 bits per heavy atom. The molecule has 0 spiro atoms. The monoisotopic (exact) mass is 540 g/mol. The van der Waals surface area contributed by atoms with Gasteiger partial charge >= 0.3 is 5.97 Å². The number of hydrogen-bond acceptors (Lipinski definition) is 3. The summed E-state index contributed by atoms with van der Waals surface area (Å²) >= 11 is 0. The average molecular weight is 541 g/mol. The van der Waals surface area contributed by atoms with Gasteiger partial charge in [-0.05, 0) is 66.3 Å². The normalized spacial score (nSPS) is 11.0. The van der Waals surface area contributed by atoms with Gasteiger partial charge in [0.25, 0.3) is 0 Å². The van der Waals surface area contributed by atoms with Crippen molar-refractivity contribution in [3.63, 3.8) is 0 Å². The molecule has 0 amide bonds. The van der Waals surface area contributed by atoms with Crippen LogP contribution >= 0.6 is 0 Å². The van der Waals surface area contributed by atoms with E-state index in [0.29, 0.717) is 17.5 Å². The van der Waals surface area contributed by atoms with Crippen molar-refractivity contribution in [1.29, 1.82) is 0 Å². The van der Waals surface area contributed by atoms with Gasteiger partial charge in [-0.1, -0.05) is 89.5 Å². The molecule has 0 N–H and O–H groups in total. The lowest BCUT2D eigenvalue weighted by Gasteiger charge is -2.11. The summed E-state index contributed by atoms with van der Waals surface area (Å²) in [6.07, 6.45) is 11.4. The molecule has 0 aliphatic carbocycles. The van der Waals surface area contributed by atoms with Gasteiger partial charge in [0.1, 0.15) is 5.82 Å². The van der Waals surface area contributed by atoms with E-state index in [1.165, 1.54) is 49.6 Å². The van der Waals surface area contributed by atoms with Gasteiger partial charge in [-0.15, -0.1) is 0 Å². The minimum Gasteiger partial charge on any atom is -0.490 e. The molecule has 0 aliphatic heterocycles. The molecule has 210 valence electrons. The van der Waals surface area contributed by atoms with Crippen LogP contribution in [0.2, 0.25) is 0 Å². The summed E-state index contributed by atoms with van der Waals surface area (Å²) in [5, 5.41) is 0. The predicted molar refractivity (Wildman–Crippen MR) is 150 cm³/mol. The van der Waals surface area contributed by atoms with Gasteiger partial charge in [-0.25, -0.2) is 9.18 Å². The highest BCUT2D eigenvalue weighted by molar-refractivity contribution is 5.91. The maximum atomic E-state index is 14.6. The quantitative estimate of drug-likeness (QED) is 0.103. The molecule has 6 heteroatoms. The Morgan fingerprint density at radius 3 is 1.92 bits per heavy atom. The van der Waals surface area contributed by atoms with Crippen LogP contribution in [0.3, 0.4) is 0 Å². The molecule has 0 aromatic heterocycles. The summed E-state index contributed by atoms with van der Waals surface area (Å²) in [6, 6.07) is 14.0. The maximum Gasteiger partial charge on any atom is 0.343 e. The summed E-state index contributed by atoms with van der Waals surface area (Å²) in [4.78, 5) is 12.6. The van der Waals surface area contributed by atoms with Crippen LogP contribution < -0.4 is 9.47 Å². The maximum absolute atomic E-state index is 14.6. The summed E-state index contributed by atoms with van der Waals surface area (Å²) in [7, 11) is 0. The largest absolute Gasteiger partial charge is 0.490 e. The Hall–Kier alpha value is -3.28. The smallest absolute Gasteiger partial charge is 0.343 e. The number of benzene rings is 3. The van der Waals surface area contributed by atoms with Gasteiger partial charge in [-0.3, -0.25) is 0 Å². The Morgan fingerprint density at radius 1 is 0.667 bits per heavy atom. The van der Waals surface area contributed by atoms with E-state index >= 15 is 0 Å². The van der Waals surface area contributed by atoms with E-state index < -0.39 is 23.4 Å². The fourth-order valence-corrected chi connectivity index (χ4v) is 4.40. The molecule has 3 rings (SSSR count). The van der Waals surface area contributed by atoms with Crippen LogP contribution in [0.5, 0.6) is 11.5 Å². The van der Waals surface area contributed by atoms with Crippen LogP contribution in [0.4, 0.5) is 13.2 Å². The summed E-state index contributed by atoms with van der Waals surface area (Å²) in [5.41, 5.74) is 2.29. The molecule has 0 bridgehead atoms. The number of carbonyl (C=O) groups is 1. The zero-order valence-electron chi connectivity index (χ0n) is 23.0. The number of esters is 1. The first-order chi connectivity index (χ1) is 18.9. The molecule has 3 aromatic rings. The SMILES string of the molecule is CCCCCCCOc1ccc(OC(=O)c2ccc(-c3ccc(CCCCCCC)c(F)c3)cc2)c(F)c1F. The lowest BCUT2D eigenvalue weighted by Crippen LogP contribution is -2.10. The Balaban J connectivity index is 1.57. The Bertz CT molecular complexity index is 1190. The van der Waals surface area contributed by atoms with Crippen molar-refractivity contribution in [2.45, 2.75) is 84.5 Å². The number of ether oxygens (including phenoxy) is 2. The van der Waals surface area contributed by atoms with Crippen molar-refractivity contribution in [3.8, 4) is 22.6 Å². The highest BCUT2D eigenvalue weighted by atomic mass is 19.2. The summed E-state index contributed by atoms with van der Waals surface area (Å²) < 4.78 is 54.1. The van der Waals surface area contributed by atoms with Gasteiger partial charge in [0.2, 0.25) is 11.6 Å². The van der Waals surface area contributed by atoms with E-state index in [9.17, 15) is 18.0 Å². The number of halogens is 3. The van der Waals surface area contributed by atoms with E-state index in [-0.39, 0.29) is 23.7 Å². The molecule has 0 atom stereocenters. The van der Waals surface area contributed by atoms with E-state index in [0.717, 1.165) is 50.5 Å². The molecule has 0 radical (unpaired) electrons. The minimum absolute atomic E-state index is 0.162. The molecule has 0 saturated heterocycles. The van der Waals surface area contributed by atoms with Crippen LogP contribution in [0.15, 0.2) is 54.6 Å². The molecule has 0 saturated carbocycles. The second-order valence-electron chi connectivity index (χ2n) is 9.89. The fraction of sp³-hybridized carbons (Fsp3) is 0.424. The summed E-state index contributed by atoms with van der Waals surface area (Å²) in [5.74, 6) is -4.24. The van der Waals surface area contributed by atoms with Gasteiger partial charge < -0.3 is 9.47 Å². The Kier molecular flexibility index (Phi) is 12.4. The third kappa shape index (κ3) is 9.15. The van der Waals surface area contributed by atoms with Gasteiger partial charge in [-0.2, -0.15) is 8.78 Å². The van der Waals surface area contributed by atoms with Crippen molar-refractivity contribution in [1.82, 2.24) is 0 Å². The number of unbranched alkanes of at least 4 members (excludes halogenated alkanes) is 8. The number of carbonyl (C=O) groups excluding carboxylic acids is 1. The van der Waals surface area contributed by atoms with E-state index in [1.54, 1.807) is 12.1 Å².